The molecular formula is C21H24BrN3O5S. The summed E-state index contributed by atoms with van der Waals surface area (Å²) in [6.07, 6.45) is -0.406. The van der Waals surface area contributed by atoms with Gasteiger partial charge >= 0.3 is 6.09 Å². The molecule has 10 heteroatoms. The van der Waals surface area contributed by atoms with Gasteiger partial charge in [0.1, 0.15) is 6.54 Å². The predicted octanol–water partition coefficient (Wildman–Crippen LogP) is 2.95. The van der Waals surface area contributed by atoms with Crippen LogP contribution in [0, 0.1) is 0 Å². The molecule has 0 saturated carbocycles. The average molecular weight is 510 g/mol. The lowest BCUT2D eigenvalue weighted by Gasteiger charge is -2.35. The molecule has 1 saturated heterocycles. The molecule has 0 atom stereocenters. The molecule has 31 heavy (non-hydrogen) atoms. The van der Waals surface area contributed by atoms with Gasteiger partial charge in [-0.15, -0.1) is 0 Å². The van der Waals surface area contributed by atoms with Gasteiger partial charge in [-0.05, 0) is 37.3 Å². The van der Waals surface area contributed by atoms with E-state index >= 15 is 0 Å². The molecule has 0 spiro atoms. The SMILES string of the molecule is CCOC(=O)N1CCN(C(=O)CN(c2cccc(Br)c2)S(=O)(=O)c2ccccc2)CC1. The number of amides is 2. The van der Waals surface area contributed by atoms with Crippen LogP contribution in [0.25, 0.3) is 0 Å². The van der Waals surface area contributed by atoms with Crippen LogP contribution in [0.5, 0.6) is 0 Å². The molecule has 0 unspecified atom stereocenters. The lowest BCUT2D eigenvalue weighted by molar-refractivity contribution is -0.131. The van der Waals surface area contributed by atoms with Crippen LogP contribution in [0.15, 0.2) is 64.0 Å². The van der Waals surface area contributed by atoms with Crippen LogP contribution in [0.2, 0.25) is 0 Å². The van der Waals surface area contributed by atoms with Gasteiger partial charge < -0.3 is 14.5 Å². The van der Waals surface area contributed by atoms with Crippen molar-refractivity contribution in [3.63, 3.8) is 0 Å². The zero-order chi connectivity index (χ0) is 22.4. The third kappa shape index (κ3) is 5.56. The van der Waals surface area contributed by atoms with E-state index < -0.39 is 16.1 Å². The Morgan fingerprint density at radius 3 is 2.26 bits per heavy atom. The Bertz CT molecular complexity index is 1020. The molecule has 2 aromatic carbocycles. The lowest BCUT2D eigenvalue weighted by Crippen LogP contribution is -2.53. The Morgan fingerprint density at radius 1 is 1.00 bits per heavy atom. The van der Waals surface area contributed by atoms with Gasteiger partial charge in [0.15, 0.2) is 0 Å². The molecule has 1 aliphatic heterocycles. The zero-order valence-corrected chi connectivity index (χ0v) is 19.5. The molecule has 0 N–H and O–H groups in total. The summed E-state index contributed by atoms with van der Waals surface area (Å²) in [4.78, 5) is 28.1. The first kappa shape index (κ1) is 23.1. The number of nitrogens with zero attached hydrogens (tertiary/aromatic N) is 3. The van der Waals surface area contributed by atoms with Gasteiger partial charge in [-0.3, -0.25) is 9.10 Å². The summed E-state index contributed by atoms with van der Waals surface area (Å²) in [7, 11) is -3.96. The quantitative estimate of drug-likeness (QED) is 0.597. The van der Waals surface area contributed by atoms with Crippen LogP contribution in [0.3, 0.4) is 0 Å². The van der Waals surface area contributed by atoms with Crippen molar-refractivity contribution in [2.75, 3.05) is 43.6 Å². The molecule has 0 radical (unpaired) electrons. The van der Waals surface area contributed by atoms with E-state index in [2.05, 4.69) is 15.9 Å². The molecule has 2 amide bonds. The molecule has 2 aromatic rings. The number of piperazine rings is 1. The lowest BCUT2D eigenvalue weighted by atomic mass is 10.3. The van der Waals surface area contributed by atoms with E-state index in [9.17, 15) is 18.0 Å². The van der Waals surface area contributed by atoms with E-state index in [0.29, 0.717) is 36.3 Å². The van der Waals surface area contributed by atoms with Gasteiger partial charge in [0.05, 0.1) is 17.2 Å². The van der Waals surface area contributed by atoms with E-state index in [1.54, 1.807) is 59.2 Å². The fraction of sp³-hybridized carbons (Fsp3) is 0.333. The molecule has 166 valence electrons. The Labute approximate surface area is 190 Å². The Morgan fingerprint density at radius 2 is 1.65 bits per heavy atom. The number of carbonyl (C=O) groups is 2. The Hall–Kier alpha value is -2.59. The highest BCUT2D eigenvalue weighted by atomic mass is 79.9. The molecule has 0 aliphatic carbocycles. The molecule has 8 nitrogen and oxygen atoms in total. The van der Waals surface area contributed by atoms with Crippen molar-refractivity contribution >= 4 is 43.6 Å². The van der Waals surface area contributed by atoms with Crippen LogP contribution < -0.4 is 4.31 Å². The van der Waals surface area contributed by atoms with Crippen molar-refractivity contribution < 1.29 is 22.7 Å². The van der Waals surface area contributed by atoms with Crippen molar-refractivity contribution in [2.45, 2.75) is 11.8 Å². The fourth-order valence-corrected chi connectivity index (χ4v) is 5.06. The van der Waals surface area contributed by atoms with Gasteiger partial charge in [-0.25, -0.2) is 13.2 Å². The number of hydrogen-bond acceptors (Lipinski definition) is 5. The maximum absolute atomic E-state index is 13.3. The molecular weight excluding hydrogens is 486 g/mol. The first-order valence-corrected chi connectivity index (χ1v) is 12.1. The van der Waals surface area contributed by atoms with Crippen molar-refractivity contribution in [1.29, 1.82) is 0 Å². The van der Waals surface area contributed by atoms with Crippen molar-refractivity contribution in [3.8, 4) is 0 Å². The molecule has 0 aromatic heterocycles. The summed E-state index contributed by atoms with van der Waals surface area (Å²) in [6.45, 7) is 3.00. The highest BCUT2D eigenvalue weighted by Gasteiger charge is 2.31. The number of benzene rings is 2. The van der Waals surface area contributed by atoms with Gasteiger partial charge in [-0.2, -0.15) is 0 Å². The minimum Gasteiger partial charge on any atom is -0.450 e. The van der Waals surface area contributed by atoms with Crippen LogP contribution in [-0.2, 0) is 19.6 Å². The Balaban J connectivity index is 1.80. The highest BCUT2D eigenvalue weighted by Crippen LogP contribution is 2.26. The van der Waals surface area contributed by atoms with Gasteiger partial charge in [0.25, 0.3) is 10.0 Å². The number of hydrogen-bond donors (Lipinski definition) is 0. The maximum atomic E-state index is 13.3. The molecule has 1 heterocycles. The monoisotopic (exact) mass is 509 g/mol. The van der Waals surface area contributed by atoms with Crippen molar-refractivity contribution in [2.24, 2.45) is 0 Å². The maximum Gasteiger partial charge on any atom is 0.409 e. The molecule has 1 aliphatic rings. The molecule has 1 fully saturated rings. The molecule has 3 rings (SSSR count). The van der Waals surface area contributed by atoms with Gasteiger partial charge in [0.2, 0.25) is 5.91 Å². The van der Waals surface area contributed by atoms with Crippen molar-refractivity contribution in [1.82, 2.24) is 9.80 Å². The fourth-order valence-electron chi connectivity index (χ4n) is 3.24. The minimum absolute atomic E-state index is 0.106. The number of ether oxygens (including phenoxy) is 1. The number of rotatable bonds is 6. The summed E-state index contributed by atoms with van der Waals surface area (Å²) in [5.41, 5.74) is 0.386. The second kappa shape index (κ2) is 10.1. The standard InChI is InChI=1S/C21H24BrN3O5S/c1-2-30-21(27)24-13-11-23(12-14-24)20(26)16-25(18-8-6-7-17(22)15-18)31(28,29)19-9-4-3-5-10-19/h3-10,15H,2,11-14,16H2,1H3. The number of anilines is 1. The minimum atomic E-state index is -3.96. The predicted molar refractivity (Wildman–Crippen MR) is 120 cm³/mol. The van der Waals surface area contributed by atoms with Crippen LogP contribution in [-0.4, -0.2) is 69.5 Å². The third-order valence-corrected chi connectivity index (χ3v) is 7.15. The normalized spacial score (nSPS) is 14.3. The summed E-state index contributed by atoms with van der Waals surface area (Å²) in [5.74, 6) is -0.331. The first-order chi connectivity index (χ1) is 14.8. The second-order valence-corrected chi connectivity index (χ2v) is 9.65. The third-order valence-electron chi connectivity index (χ3n) is 4.86. The zero-order valence-electron chi connectivity index (χ0n) is 17.1. The van der Waals surface area contributed by atoms with Gasteiger partial charge in [-0.1, -0.05) is 40.2 Å². The highest BCUT2D eigenvalue weighted by molar-refractivity contribution is 9.10. The smallest absolute Gasteiger partial charge is 0.409 e. The van der Waals surface area contributed by atoms with Gasteiger partial charge in [0, 0.05) is 30.7 Å². The van der Waals surface area contributed by atoms with E-state index in [1.807, 2.05) is 0 Å². The van der Waals surface area contributed by atoms with Crippen LogP contribution in [0.4, 0.5) is 10.5 Å². The number of halogens is 1. The van der Waals surface area contributed by atoms with E-state index in [0.717, 1.165) is 4.31 Å². The van der Waals surface area contributed by atoms with Crippen molar-refractivity contribution in [3.05, 3.63) is 59.1 Å². The summed E-state index contributed by atoms with van der Waals surface area (Å²) < 4.78 is 33.5. The van der Waals surface area contributed by atoms with E-state index in [1.165, 1.54) is 12.1 Å². The van der Waals surface area contributed by atoms with E-state index in [4.69, 9.17) is 4.74 Å². The summed E-state index contributed by atoms with van der Waals surface area (Å²) in [6, 6.07) is 14.8. The average Bonchev–Trinajstić information content (AvgIpc) is 2.78. The second-order valence-electron chi connectivity index (χ2n) is 6.87. The van der Waals surface area contributed by atoms with Crippen LogP contribution in [0.1, 0.15) is 6.92 Å². The Kier molecular flexibility index (Phi) is 7.55. The summed E-state index contributed by atoms with van der Waals surface area (Å²) in [5, 5.41) is 0. The molecule has 0 bridgehead atoms. The summed E-state index contributed by atoms with van der Waals surface area (Å²) >= 11 is 3.36. The largest absolute Gasteiger partial charge is 0.450 e. The topological polar surface area (TPSA) is 87.2 Å². The number of carbonyl (C=O) groups excluding carboxylic acids is 2. The van der Waals surface area contributed by atoms with E-state index in [-0.39, 0.29) is 24.0 Å². The van der Waals surface area contributed by atoms with Crippen LogP contribution >= 0.6 is 15.9 Å². The first-order valence-electron chi connectivity index (χ1n) is 9.85. The number of sulfonamides is 1.